The Morgan fingerprint density at radius 2 is 2.32 bits per heavy atom. The number of halogens is 1. The second-order valence-corrected chi connectivity index (χ2v) is 5.70. The normalized spacial score (nSPS) is 23.4. The Morgan fingerprint density at radius 3 is 3.00 bits per heavy atom. The van der Waals surface area contributed by atoms with Crippen LogP contribution in [0.5, 0.6) is 0 Å². The highest BCUT2D eigenvalue weighted by molar-refractivity contribution is 6.30. The minimum absolute atomic E-state index is 0.174. The highest BCUT2D eigenvalue weighted by Gasteiger charge is 2.27. The lowest BCUT2D eigenvalue weighted by Crippen LogP contribution is -2.49. The van der Waals surface area contributed by atoms with Gasteiger partial charge in [0.15, 0.2) is 0 Å². The molecule has 1 amide bonds. The quantitative estimate of drug-likeness (QED) is 0.924. The standard InChI is InChI=1S/C15H21ClN2O/c1-2-12-10-18(7-6-14(12)17)15(19)9-11-4-3-5-13(16)8-11/h3-5,8,12,14H,2,6-7,9-10,17H2,1H3. The number of benzene rings is 1. The molecule has 2 atom stereocenters. The summed E-state index contributed by atoms with van der Waals surface area (Å²) in [5, 5.41) is 0.678. The van der Waals surface area contributed by atoms with E-state index in [-0.39, 0.29) is 11.9 Å². The molecule has 1 heterocycles. The molecule has 0 radical (unpaired) electrons. The summed E-state index contributed by atoms with van der Waals surface area (Å²) in [6.07, 6.45) is 2.36. The first-order valence-electron chi connectivity index (χ1n) is 6.88. The monoisotopic (exact) mass is 280 g/mol. The second kappa shape index (κ2) is 6.40. The van der Waals surface area contributed by atoms with Crippen LogP contribution in [-0.2, 0) is 11.2 Å². The minimum atomic E-state index is 0.174. The minimum Gasteiger partial charge on any atom is -0.342 e. The van der Waals surface area contributed by atoms with Gasteiger partial charge in [-0.2, -0.15) is 0 Å². The van der Waals surface area contributed by atoms with Crippen molar-refractivity contribution < 1.29 is 4.79 Å². The first-order chi connectivity index (χ1) is 9.10. The summed E-state index contributed by atoms with van der Waals surface area (Å²) < 4.78 is 0. The number of carbonyl (C=O) groups excluding carboxylic acids is 1. The van der Waals surface area contributed by atoms with Gasteiger partial charge in [-0.15, -0.1) is 0 Å². The van der Waals surface area contributed by atoms with Crippen LogP contribution >= 0.6 is 11.6 Å². The summed E-state index contributed by atoms with van der Waals surface area (Å²) in [5.74, 6) is 0.602. The largest absolute Gasteiger partial charge is 0.342 e. The van der Waals surface area contributed by atoms with Crippen molar-refractivity contribution in [1.29, 1.82) is 0 Å². The van der Waals surface area contributed by atoms with E-state index in [1.165, 1.54) is 0 Å². The van der Waals surface area contributed by atoms with Gasteiger partial charge >= 0.3 is 0 Å². The fourth-order valence-corrected chi connectivity index (χ4v) is 2.85. The molecule has 2 rings (SSSR count). The number of piperidine rings is 1. The van der Waals surface area contributed by atoms with Crippen molar-refractivity contribution in [2.24, 2.45) is 11.7 Å². The zero-order valence-corrected chi connectivity index (χ0v) is 12.1. The Bertz CT molecular complexity index is 450. The Labute approximate surface area is 119 Å². The molecule has 1 aliphatic rings. The lowest BCUT2D eigenvalue weighted by Gasteiger charge is -2.36. The summed E-state index contributed by atoms with van der Waals surface area (Å²) in [7, 11) is 0. The third-order valence-corrected chi connectivity index (χ3v) is 4.15. The van der Waals surface area contributed by atoms with Crippen LogP contribution in [0, 0.1) is 5.92 Å². The summed E-state index contributed by atoms with van der Waals surface area (Å²) in [6, 6.07) is 7.73. The SMILES string of the molecule is CCC1CN(C(=O)Cc2cccc(Cl)c2)CCC1N. The fraction of sp³-hybridized carbons (Fsp3) is 0.533. The van der Waals surface area contributed by atoms with Gasteiger partial charge in [0, 0.05) is 24.2 Å². The van der Waals surface area contributed by atoms with Crippen molar-refractivity contribution >= 4 is 17.5 Å². The van der Waals surface area contributed by atoms with Crippen molar-refractivity contribution in [1.82, 2.24) is 4.90 Å². The molecule has 1 fully saturated rings. The Kier molecular flexibility index (Phi) is 4.83. The maximum absolute atomic E-state index is 12.3. The molecule has 19 heavy (non-hydrogen) atoms. The number of nitrogens with two attached hydrogens (primary N) is 1. The molecule has 2 unspecified atom stereocenters. The molecule has 0 aromatic heterocycles. The zero-order chi connectivity index (χ0) is 13.8. The predicted molar refractivity (Wildman–Crippen MR) is 78.1 cm³/mol. The molecule has 1 saturated heterocycles. The summed E-state index contributed by atoms with van der Waals surface area (Å²) in [6.45, 7) is 3.70. The third-order valence-electron chi connectivity index (χ3n) is 3.91. The molecule has 1 aromatic rings. The van der Waals surface area contributed by atoms with E-state index < -0.39 is 0 Å². The Balaban J connectivity index is 1.97. The van der Waals surface area contributed by atoms with Crippen LogP contribution in [0.15, 0.2) is 24.3 Å². The summed E-state index contributed by atoms with van der Waals surface area (Å²) in [5.41, 5.74) is 7.04. The second-order valence-electron chi connectivity index (χ2n) is 5.27. The number of hydrogen-bond acceptors (Lipinski definition) is 2. The van der Waals surface area contributed by atoms with Gasteiger partial charge in [0.25, 0.3) is 0 Å². The van der Waals surface area contributed by atoms with E-state index in [1.807, 2.05) is 29.2 Å². The van der Waals surface area contributed by atoms with Crippen LogP contribution in [-0.4, -0.2) is 29.9 Å². The van der Waals surface area contributed by atoms with Gasteiger partial charge < -0.3 is 10.6 Å². The first kappa shape index (κ1) is 14.4. The number of amides is 1. The average Bonchev–Trinajstić information content (AvgIpc) is 2.39. The highest BCUT2D eigenvalue weighted by Crippen LogP contribution is 2.20. The van der Waals surface area contributed by atoms with Crippen LogP contribution in [0.4, 0.5) is 0 Å². The molecule has 2 N–H and O–H groups in total. The highest BCUT2D eigenvalue weighted by atomic mass is 35.5. The Hall–Kier alpha value is -1.06. The first-order valence-corrected chi connectivity index (χ1v) is 7.25. The number of likely N-dealkylation sites (tertiary alicyclic amines) is 1. The van der Waals surface area contributed by atoms with Crippen molar-refractivity contribution in [2.45, 2.75) is 32.2 Å². The molecule has 0 aliphatic carbocycles. The fourth-order valence-electron chi connectivity index (χ4n) is 2.64. The van der Waals surface area contributed by atoms with E-state index in [2.05, 4.69) is 6.92 Å². The molecule has 0 bridgehead atoms. The molecule has 3 nitrogen and oxygen atoms in total. The average molecular weight is 281 g/mol. The van der Waals surface area contributed by atoms with Crippen LogP contribution in [0.3, 0.4) is 0 Å². The maximum atomic E-state index is 12.3. The van der Waals surface area contributed by atoms with Crippen LogP contribution in [0.25, 0.3) is 0 Å². The van der Waals surface area contributed by atoms with Crippen LogP contribution in [0.1, 0.15) is 25.3 Å². The number of hydrogen-bond donors (Lipinski definition) is 1. The van der Waals surface area contributed by atoms with Crippen molar-refractivity contribution in [3.05, 3.63) is 34.9 Å². The van der Waals surface area contributed by atoms with Gasteiger partial charge in [-0.05, 0) is 30.0 Å². The molecule has 1 aromatic carbocycles. The summed E-state index contributed by atoms with van der Waals surface area (Å²) >= 11 is 5.94. The van der Waals surface area contributed by atoms with Gasteiger partial charge in [0.05, 0.1) is 6.42 Å². The van der Waals surface area contributed by atoms with E-state index in [4.69, 9.17) is 17.3 Å². The van der Waals surface area contributed by atoms with Crippen molar-refractivity contribution in [2.75, 3.05) is 13.1 Å². The number of rotatable bonds is 3. The van der Waals surface area contributed by atoms with Gasteiger partial charge in [0.2, 0.25) is 5.91 Å². The topological polar surface area (TPSA) is 46.3 Å². The summed E-state index contributed by atoms with van der Waals surface area (Å²) in [4.78, 5) is 14.2. The molecule has 104 valence electrons. The molecule has 4 heteroatoms. The lowest BCUT2D eigenvalue weighted by molar-refractivity contribution is -0.132. The predicted octanol–water partition coefficient (Wildman–Crippen LogP) is 2.47. The van der Waals surface area contributed by atoms with Gasteiger partial charge in [0.1, 0.15) is 0 Å². The van der Waals surface area contributed by atoms with E-state index in [0.717, 1.165) is 31.5 Å². The molecular formula is C15H21ClN2O. The number of carbonyl (C=O) groups is 1. The molecular weight excluding hydrogens is 260 g/mol. The Morgan fingerprint density at radius 1 is 1.53 bits per heavy atom. The lowest BCUT2D eigenvalue weighted by atomic mass is 9.90. The van der Waals surface area contributed by atoms with Gasteiger partial charge in [-0.1, -0.05) is 37.1 Å². The van der Waals surface area contributed by atoms with E-state index in [0.29, 0.717) is 17.4 Å². The third kappa shape index (κ3) is 3.71. The smallest absolute Gasteiger partial charge is 0.227 e. The van der Waals surface area contributed by atoms with Gasteiger partial charge in [-0.3, -0.25) is 4.79 Å². The van der Waals surface area contributed by atoms with E-state index in [9.17, 15) is 4.79 Å². The van der Waals surface area contributed by atoms with Crippen LogP contribution in [0.2, 0.25) is 5.02 Å². The maximum Gasteiger partial charge on any atom is 0.227 e. The molecule has 1 aliphatic heterocycles. The van der Waals surface area contributed by atoms with Crippen molar-refractivity contribution in [3.8, 4) is 0 Å². The molecule has 0 saturated carbocycles. The van der Waals surface area contributed by atoms with E-state index in [1.54, 1.807) is 0 Å². The number of nitrogens with zero attached hydrogens (tertiary/aromatic N) is 1. The van der Waals surface area contributed by atoms with Crippen LogP contribution < -0.4 is 5.73 Å². The van der Waals surface area contributed by atoms with E-state index >= 15 is 0 Å². The van der Waals surface area contributed by atoms with Gasteiger partial charge in [-0.25, -0.2) is 0 Å². The zero-order valence-electron chi connectivity index (χ0n) is 11.3. The molecule has 0 spiro atoms. The van der Waals surface area contributed by atoms with Crippen molar-refractivity contribution in [3.63, 3.8) is 0 Å².